The molecule has 0 aliphatic heterocycles. The van der Waals surface area contributed by atoms with Gasteiger partial charge < -0.3 is 9.84 Å². The molecule has 3 rings (SSSR count). The largest absolute Gasteiger partial charge is 0.350 e. The van der Waals surface area contributed by atoms with Gasteiger partial charge in [0.05, 0.1) is 0 Å². The first-order chi connectivity index (χ1) is 12.0. The lowest BCUT2D eigenvalue weighted by Crippen LogP contribution is -2.37. The lowest BCUT2D eigenvalue weighted by Gasteiger charge is -2.25. The number of halogens is 1. The van der Waals surface area contributed by atoms with Crippen molar-refractivity contribution in [2.45, 2.75) is 19.3 Å². The van der Waals surface area contributed by atoms with E-state index in [2.05, 4.69) is 10.5 Å². The Morgan fingerprint density at radius 1 is 1.12 bits per heavy atom. The molecule has 3 aromatic rings. The third kappa shape index (κ3) is 3.76. The highest BCUT2D eigenvalue weighted by atomic mass is 19.1. The van der Waals surface area contributed by atoms with Gasteiger partial charge >= 0.3 is 0 Å². The van der Waals surface area contributed by atoms with Gasteiger partial charge in [0.15, 0.2) is 0 Å². The molecule has 1 N–H and O–H groups in total. The van der Waals surface area contributed by atoms with Gasteiger partial charge in [-0.25, -0.2) is 4.39 Å². The Balaban J connectivity index is 1.69. The van der Waals surface area contributed by atoms with Gasteiger partial charge in [0.1, 0.15) is 11.5 Å². The van der Waals surface area contributed by atoms with Crippen LogP contribution in [0.5, 0.6) is 0 Å². The van der Waals surface area contributed by atoms with Crippen LogP contribution in [0.2, 0.25) is 0 Å². The summed E-state index contributed by atoms with van der Waals surface area (Å²) in [6, 6.07) is 17.6. The standard InChI is InChI=1S/C20H19FN2O2/c1-20(2,15-10-6-7-11-16(15)21)13-22-19(24)18-12-17(23-25-18)14-8-4-3-5-9-14/h3-12H,13H2,1-2H3,(H,22,24). The Morgan fingerprint density at radius 2 is 1.80 bits per heavy atom. The van der Waals surface area contributed by atoms with Gasteiger partial charge in [-0.05, 0) is 11.6 Å². The van der Waals surface area contributed by atoms with Gasteiger partial charge in [-0.15, -0.1) is 0 Å². The molecule has 0 saturated carbocycles. The number of nitrogens with zero attached hydrogens (tertiary/aromatic N) is 1. The van der Waals surface area contributed by atoms with Crippen LogP contribution < -0.4 is 5.32 Å². The van der Waals surface area contributed by atoms with Crippen molar-refractivity contribution >= 4 is 5.91 Å². The van der Waals surface area contributed by atoms with E-state index in [0.29, 0.717) is 11.3 Å². The van der Waals surface area contributed by atoms with Crippen molar-refractivity contribution in [2.75, 3.05) is 6.54 Å². The summed E-state index contributed by atoms with van der Waals surface area (Å²) in [5.74, 6) is -0.532. The van der Waals surface area contributed by atoms with Crippen molar-refractivity contribution in [2.24, 2.45) is 0 Å². The van der Waals surface area contributed by atoms with E-state index < -0.39 is 5.41 Å². The lowest BCUT2D eigenvalue weighted by atomic mass is 9.84. The van der Waals surface area contributed by atoms with Crippen molar-refractivity contribution in [1.29, 1.82) is 0 Å². The smallest absolute Gasteiger partial charge is 0.289 e. The predicted octanol–water partition coefficient (Wildman–Crippen LogP) is 4.19. The number of amides is 1. The predicted molar refractivity (Wildman–Crippen MR) is 93.7 cm³/mol. The van der Waals surface area contributed by atoms with E-state index in [1.807, 2.05) is 44.2 Å². The maximum Gasteiger partial charge on any atom is 0.289 e. The first-order valence-electron chi connectivity index (χ1n) is 8.03. The summed E-state index contributed by atoms with van der Waals surface area (Å²) in [5.41, 5.74) is 1.47. The van der Waals surface area contributed by atoms with Crippen LogP contribution >= 0.6 is 0 Å². The van der Waals surface area contributed by atoms with Crippen molar-refractivity contribution in [3.63, 3.8) is 0 Å². The van der Waals surface area contributed by atoms with E-state index in [1.165, 1.54) is 6.07 Å². The summed E-state index contributed by atoms with van der Waals surface area (Å²) < 4.78 is 19.1. The number of nitrogens with one attached hydrogen (secondary N) is 1. The van der Waals surface area contributed by atoms with Crippen LogP contribution in [0, 0.1) is 5.82 Å². The molecule has 0 aliphatic carbocycles. The van der Waals surface area contributed by atoms with E-state index in [1.54, 1.807) is 24.3 Å². The normalized spacial score (nSPS) is 11.3. The minimum absolute atomic E-state index is 0.128. The zero-order chi connectivity index (χ0) is 17.9. The summed E-state index contributed by atoms with van der Waals surface area (Å²) in [7, 11) is 0. The van der Waals surface area contributed by atoms with Crippen molar-refractivity contribution < 1.29 is 13.7 Å². The molecule has 0 bridgehead atoms. The highest BCUT2D eigenvalue weighted by Gasteiger charge is 2.25. The molecule has 0 aliphatic rings. The first-order valence-corrected chi connectivity index (χ1v) is 8.03. The maximum absolute atomic E-state index is 14.0. The fourth-order valence-electron chi connectivity index (χ4n) is 2.62. The first kappa shape index (κ1) is 16.9. The highest BCUT2D eigenvalue weighted by Crippen LogP contribution is 2.25. The van der Waals surface area contributed by atoms with Gasteiger partial charge in [0.25, 0.3) is 5.91 Å². The average Bonchev–Trinajstić information content (AvgIpc) is 3.11. The molecule has 1 amide bonds. The van der Waals surface area contributed by atoms with Crippen molar-refractivity contribution in [3.8, 4) is 11.3 Å². The van der Waals surface area contributed by atoms with Crippen LogP contribution in [-0.4, -0.2) is 17.6 Å². The minimum Gasteiger partial charge on any atom is -0.350 e. The molecule has 25 heavy (non-hydrogen) atoms. The van der Waals surface area contributed by atoms with Crippen LogP contribution in [0.25, 0.3) is 11.3 Å². The number of carbonyl (C=O) groups excluding carboxylic acids is 1. The molecule has 5 heteroatoms. The molecule has 0 atom stereocenters. The van der Waals surface area contributed by atoms with E-state index in [9.17, 15) is 9.18 Å². The van der Waals surface area contributed by atoms with Crippen molar-refractivity contribution in [3.05, 3.63) is 77.8 Å². The third-order valence-electron chi connectivity index (χ3n) is 4.10. The molecule has 0 saturated heterocycles. The maximum atomic E-state index is 14.0. The molecule has 0 radical (unpaired) electrons. The van der Waals surface area contributed by atoms with Crippen LogP contribution in [-0.2, 0) is 5.41 Å². The second-order valence-electron chi connectivity index (χ2n) is 6.49. The molecule has 4 nitrogen and oxygen atoms in total. The molecule has 1 aromatic heterocycles. The Morgan fingerprint density at radius 3 is 2.52 bits per heavy atom. The zero-order valence-corrected chi connectivity index (χ0v) is 14.1. The van der Waals surface area contributed by atoms with Gasteiger partial charge in [0, 0.05) is 23.6 Å². The zero-order valence-electron chi connectivity index (χ0n) is 14.1. The monoisotopic (exact) mass is 338 g/mol. The number of benzene rings is 2. The average molecular weight is 338 g/mol. The van der Waals surface area contributed by atoms with E-state index in [0.717, 1.165) is 5.56 Å². The Bertz CT molecular complexity index is 872. The fraction of sp³-hybridized carbons (Fsp3) is 0.200. The number of carbonyl (C=O) groups is 1. The number of hydrogen-bond acceptors (Lipinski definition) is 3. The van der Waals surface area contributed by atoms with E-state index in [4.69, 9.17) is 4.52 Å². The quantitative estimate of drug-likeness (QED) is 0.759. The van der Waals surface area contributed by atoms with Crippen LogP contribution in [0.3, 0.4) is 0 Å². The van der Waals surface area contributed by atoms with Gasteiger partial charge in [-0.3, -0.25) is 4.79 Å². The fourth-order valence-corrected chi connectivity index (χ4v) is 2.62. The van der Waals surface area contributed by atoms with Gasteiger partial charge in [-0.1, -0.05) is 67.5 Å². The molecular formula is C20H19FN2O2. The van der Waals surface area contributed by atoms with Crippen molar-refractivity contribution in [1.82, 2.24) is 10.5 Å². The second kappa shape index (κ2) is 6.89. The Labute approximate surface area is 145 Å². The van der Waals surface area contributed by atoms with Gasteiger partial charge in [0.2, 0.25) is 5.76 Å². The molecule has 1 heterocycles. The summed E-state index contributed by atoms with van der Waals surface area (Å²) in [4.78, 5) is 12.3. The third-order valence-corrected chi connectivity index (χ3v) is 4.10. The number of aromatic nitrogens is 1. The lowest BCUT2D eigenvalue weighted by molar-refractivity contribution is 0.0908. The Hall–Kier alpha value is -2.95. The summed E-state index contributed by atoms with van der Waals surface area (Å²) in [6.45, 7) is 4.02. The number of hydrogen-bond donors (Lipinski definition) is 1. The molecular weight excluding hydrogens is 319 g/mol. The minimum atomic E-state index is -0.552. The van der Waals surface area contributed by atoms with Crippen LogP contribution in [0.1, 0.15) is 30.0 Å². The Kier molecular flexibility index (Phi) is 4.65. The van der Waals surface area contributed by atoms with Crippen LogP contribution in [0.4, 0.5) is 4.39 Å². The second-order valence-corrected chi connectivity index (χ2v) is 6.49. The van der Waals surface area contributed by atoms with Crippen LogP contribution in [0.15, 0.2) is 65.2 Å². The molecule has 0 spiro atoms. The van der Waals surface area contributed by atoms with E-state index >= 15 is 0 Å². The summed E-state index contributed by atoms with van der Waals surface area (Å²) in [5, 5.41) is 6.72. The topological polar surface area (TPSA) is 55.1 Å². The molecule has 0 unspecified atom stereocenters. The molecule has 128 valence electrons. The summed E-state index contributed by atoms with van der Waals surface area (Å²) >= 11 is 0. The SMILES string of the molecule is CC(C)(CNC(=O)c1cc(-c2ccccc2)no1)c1ccccc1F. The highest BCUT2D eigenvalue weighted by molar-refractivity contribution is 5.92. The van der Waals surface area contributed by atoms with Gasteiger partial charge in [-0.2, -0.15) is 0 Å². The summed E-state index contributed by atoms with van der Waals surface area (Å²) in [6.07, 6.45) is 0. The molecule has 2 aromatic carbocycles. The molecule has 0 fully saturated rings. The van der Waals surface area contributed by atoms with E-state index in [-0.39, 0.29) is 24.0 Å². The number of rotatable bonds is 5.